The molecule has 0 spiro atoms. The second-order valence-electron chi connectivity index (χ2n) is 7.17. The number of guanidine groups is 1. The molecule has 3 rings (SSSR count). The fourth-order valence-electron chi connectivity index (χ4n) is 3.76. The molecule has 1 saturated carbocycles. The molecule has 2 fully saturated rings. The molecule has 1 heterocycles. The van der Waals surface area contributed by atoms with Crippen molar-refractivity contribution in [3.63, 3.8) is 0 Å². The van der Waals surface area contributed by atoms with E-state index < -0.39 is 0 Å². The highest BCUT2D eigenvalue weighted by Gasteiger charge is 2.46. The number of benzene rings is 1. The van der Waals surface area contributed by atoms with Crippen molar-refractivity contribution < 1.29 is 9.53 Å². The summed E-state index contributed by atoms with van der Waals surface area (Å²) in [6.07, 6.45) is 2.36. The number of nitrogens with zero attached hydrogens (tertiary/aromatic N) is 2. The van der Waals surface area contributed by atoms with Gasteiger partial charge in [-0.05, 0) is 30.4 Å². The summed E-state index contributed by atoms with van der Waals surface area (Å²) in [6, 6.07) is 8.45. The first-order valence-electron chi connectivity index (χ1n) is 8.79. The Morgan fingerprint density at radius 3 is 2.72 bits per heavy atom. The van der Waals surface area contributed by atoms with Crippen molar-refractivity contribution in [3.05, 3.63) is 34.3 Å². The molecule has 1 saturated heterocycles. The Bertz CT molecular complexity index is 672. The Hall–Kier alpha value is -1.56. The van der Waals surface area contributed by atoms with Crippen LogP contribution in [0.4, 0.5) is 0 Å². The highest BCUT2D eigenvalue weighted by molar-refractivity contribution is 9.10. The zero-order chi connectivity index (χ0) is 18.0. The number of halogens is 1. The molecule has 1 N–H and O–H groups in total. The van der Waals surface area contributed by atoms with E-state index >= 15 is 0 Å². The number of carbonyl (C=O) groups is 1. The van der Waals surface area contributed by atoms with Gasteiger partial charge in [-0.3, -0.25) is 9.79 Å². The molecule has 0 amide bonds. The van der Waals surface area contributed by atoms with Crippen molar-refractivity contribution >= 4 is 27.9 Å². The number of ether oxygens (including phenoxy) is 1. The summed E-state index contributed by atoms with van der Waals surface area (Å²) in [7, 11) is 3.26. The Kier molecular flexibility index (Phi) is 5.37. The third kappa shape index (κ3) is 3.68. The van der Waals surface area contributed by atoms with Crippen molar-refractivity contribution in [2.75, 3.05) is 33.8 Å². The highest BCUT2D eigenvalue weighted by atomic mass is 79.9. The molecule has 136 valence electrons. The van der Waals surface area contributed by atoms with Crippen LogP contribution >= 0.6 is 15.9 Å². The largest absolute Gasteiger partial charge is 0.469 e. The van der Waals surface area contributed by atoms with Gasteiger partial charge in [0.05, 0.1) is 13.0 Å². The van der Waals surface area contributed by atoms with Crippen molar-refractivity contribution in [2.45, 2.75) is 25.2 Å². The van der Waals surface area contributed by atoms with Crippen LogP contribution in [0.25, 0.3) is 0 Å². The number of hydrogen-bond donors (Lipinski definition) is 1. The monoisotopic (exact) mass is 407 g/mol. The van der Waals surface area contributed by atoms with Gasteiger partial charge in [0.15, 0.2) is 5.96 Å². The Balaban J connectivity index is 1.65. The fraction of sp³-hybridized carbons (Fsp3) is 0.579. The lowest BCUT2D eigenvalue weighted by molar-refractivity contribution is -0.145. The van der Waals surface area contributed by atoms with Crippen LogP contribution in [0.1, 0.15) is 25.3 Å². The lowest BCUT2D eigenvalue weighted by Crippen LogP contribution is -2.43. The van der Waals surface area contributed by atoms with Crippen LogP contribution in [0, 0.1) is 11.8 Å². The molecule has 0 bridgehead atoms. The molecular formula is C19H26BrN3O2. The number of carbonyl (C=O) groups excluding carboxylic acids is 1. The van der Waals surface area contributed by atoms with Gasteiger partial charge in [-0.25, -0.2) is 0 Å². The van der Waals surface area contributed by atoms with Gasteiger partial charge in [0.1, 0.15) is 0 Å². The summed E-state index contributed by atoms with van der Waals surface area (Å²) in [5.74, 6) is 0.930. The Morgan fingerprint density at radius 1 is 1.40 bits per heavy atom. The van der Waals surface area contributed by atoms with Crippen LogP contribution in [-0.4, -0.2) is 50.6 Å². The summed E-state index contributed by atoms with van der Waals surface area (Å²) in [6.45, 7) is 4.44. The summed E-state index contributed by atoms with van der Waals surface area (Å²) >= 11 is 3.68. The minimum absolute atomic E-state index is 0.0818. The van der Waals surface area contributed by atoms with Gasteiger partial charge in [-0.15, -0.1) is 0 Å². The summed E-state index contributed by atoms with van der Waals surface area (Å²) in [5, 5.41) is 3.54. The van der Waals surface area contributed by atoms with Crippen LogP contribution < -0.4 is 5.32 Å². The number of nitrogens with one attached hydrogen (secondary N) is 1. The summed E-state index contributed by atoms with van der Waals surface area (Å²) < 4.78 is 6.10. The van der Waals surface area contributed by atoms with Crippen LogP contribution in [-0.2, 0) is 14.9 Å². The van der Waals surface area contributed by atoms with Gasteiger partial charge in [-0.1, -0.05) is 41.1 Å². The first kappa shape index (κ1) is 18.2. The Morgan fingerprint density at radius 2 is 2.12 bits per heavy atom. The number of aliphatic imine (C=N–C) groups is 1. The molecule has 0 radical (unpaired) electrons. The van der Waals surface area contributed by atoms with E-state index in [0.717, 1.165) is 19.0 Å². The maximum absolute atomic E-state index is 11.9. The molecule has 1 aromatic carbocycles. The Labute approximate surface area is 158 Å². The molecule has 0 aromatic heterocycles. The number of hydrogen-bond acceptors (Lipinski definition) is 3. The normalized spacial score (nSPS) is 25.0. The minimum Gasteiger partial charge on any atom is -0.469 e. The van der Waals surface area contributed by atoms with Crippen molar-refractivity contribution in [2.24, 2.45) is 16.8 Å². The number of likely N-dealkylation sites (tertiary alicyclic amines) is 1. The molecular weight excluding hydrogens is 382 g/mol. The average molecular weight is 408 g/mol. The average Bonchev–Trinajstić information content (AvgIpc) is 3.30. The first-order chi connectivity index (χ1) is 12.0. The van der Waals surface area contributed by atoms with E-state index in [0.29, 0.717) is 6.54 Å². The summed E-state index contributed by atoms with van der Waals surface area (Å²) in [4.78, 5) is 18.5. The maximum atomic E-state index is 11.9. The topological polar surface area (TPSA) is 53.9 Å². The van der Waals surface area contributed by atoms with Gasteiger partial charge < -0.3 is 15.0 Å². The third-order valence-corrected chi connectivity index (χ3v) is 6.20. The van der Waals surface area contributed by atoms with Crippen LogP contribution in [0.15, 0.2) is 33.7 Å². The van der Waals surface area contributed by atoms with E-state index in [1.807, 2.05) is 0 Å². The first-order valence-corrected chi connectivity index (χ1v) is 9.58. The van der Waals surface area contributed by atoms with E-state index in [-0.39, 0.29) is 23.2 Å². The molecule has 6 heteroatoms. The standard InChI is InChI=1S/C19H26BrN3O2/c1-13-10-23(11-14(13)17(24)25-3)18(21-2)22-12-19(8-9-19)15-6-4-5-7-16(15)20/h4-7,13-14H,8-12H2,1-3H3,(H,21,22). The van der Waals surface area contributed by atoms with Gasteiger partial charge in [-0.2, -0.15) is 0 Å². The van der Waals surface area contributed by atoms with Crippen molar-refractivity contribution in [1.82, 2.24) is 10.2 Å². The summed E-state index contributed by atoms with van der Waals surface area (Å²) in [5.41, 5.74) is 1.54. The molecule has 25 heavy (non-hydrogen) atoms. The van der Waals surface area contributed by atoms with Crippen molar-refractivity contribution in [3.8, 4) is 0 Å². The maximum Gasteiger partial charge on any atom is 0.310 e. The number of esters is 1. The third-order valence-electron chi connectivity index (χ3n) is 5.51. The molecule has 2 unspecified atom stereocenters. The van der Waals surface area contributed by atoms with E-state index in [4.69, 9.17) is 4.74 Å². The number of rotatable bonds is 4. The lowest BCUT2D eigenvalue weighted by Gasteiger charge is -2.25. The zero-order valence-electron chi connectivity index (χ0n) is 15.1. The molecule has 5 nitrogen and oxygen atoms in total. The molecule has 1 aromatic rings. The van der Waals surface area contributed by atoms with Crippen LogP contribution in [0.5, 0.6) is 0 Å². The second-order valence-corrected chi connectivity index (χ2v) is 8.03. The van der Waals surface area contributed by atoms with Crippen molar-refractivity contribution in [1.29, 1.82) is 0 Å². The molecule has 2 atom stereocenters. The fourth-order valence-corrected chi connectivity index (χ4v) is 4.47. The zero-order valence-corrected chi connectivity index (χ0v) is 16.7. The van der Waals surface area contributed by atoms with Crippen LogP contribution in [0.3, 0.4) is 0 Å². The number of methoxy groups -OCH3 is 1. The van der Waals surface area contributed by atoms with Crippen LogP contribution in [0.2, 0.25) is 0 Å². The second kappa shape index (κ2) is 7.36. The SMILES string of the molecule is CN=C(NCC1(c2ccccc2Br)CC1)N1CC(C)C(C(=O)OC)C1. The lowest BCUT2D eigenvalue weighted by atomic mass is 9.96. The highest BCUT2D eigenvalue weighted by Crippen LogP contribution is 2.49. The molecule has 2 aliphatic rings. The van der Waals surface area contributed by atoms with E-state index in [9.17, 15) is 4.79 Å². The van der Waals surface area contributed by atoms with Gasteiger partial charge in [0.2, 0.25) is 0 Å². The molecule has 1 aliphatic heterocycles. The van der Waals surface area contributed by atoms with Gasteiger partial charge in [0, 0.05) is 36.6 Å². The van der Waals surface area contributed by atoms with E-state index in [1.165, 1.54) is 30.0 Å². The van der Waals surface area contributed by atoms with Gasteiger partial charge in [0.25, 0.3) is 0 Å². The van der Waals surface area contributed by atoms with E-state index in [1.54, 1.807) is 7.05 Å². The predicted octanol–water partition coefficient (Wildman–Crippen LogP) is 2.80. The smallest absolute Gasteiger partial charge is 0.310 e. The van der Waals surface area contributed by atoms with E-state index in [2.05, 4.69) is 62.3 Å². The quantitative estimate of drug-likeness (QED) is 0.473. The molecule has 1 aliphatic carbocycles. The van der Waals surface area contributed by atoms with Gasteiger partial charge >= 0.3 is 5.97 Å². The minimum atomic E-state index is -0.127. The predicted molar refractivity (Wildman–Crippen MR) is 103 cm³/mol.